The van der Waals surface area contributed by atoms with Crippen molar-refractivity contribution in [2.45, 2.75) is 13.0 Å². The Morgan fingerprint density at radius 3 is 2.68 bits per heavy atom. The first kappa shape index (κ1) is 19.7. The fourth-order valence-corrected chi connectivity index (χ4v) is 3.15. The summed E-state index contributed by atoms with van der Waals surface area (Å²) in [6, 6.07) is 16.8. The van der Waals surface area contributed by atoms with Crippen LogP contribution in [0.5, 0.6) is 11.5 Å². The highest BCUT2D eigenvalue weighted by Gasteiger charge is 2.12. The van der Waals surface area contributed by atoms with E-state index >= 15 is 0 Å². The lowest BCUT2D eigenvalue weighted by molar-refractivity contribution is -0.121. The highest BCUT2D eigenvalue weighted by atomic mass is 79.9. The molecule has 0 saturated heterocycles. The maximum Gasteiger partial charge on any atom is 0.262 e. The number of halogens is 1. The van der Waals surface area contributed by atoms with E-state index in [1.807, 2.05) is 42.5 Å². The second-order valence-electron chi connectivity index (χ2n) is 6.22. The normalized spacial score (nSPS) is 12.1. The number of hydrogen-bond acceptors (Lipinski definition) is 5. The average molecular weight is 442 g/mol. The minimum absolute atomic E-state index is 0.0110. The van der Waals surface area contributed by atoms with E-state index in [0.717, 1.165) is 16.5 Å². The van der Waals surface area contributed by atoms with E-state index < -0.39 is 6.04 Å². The molecule has 0 aliphatic heterocycles. The lowest BCUT2D eigenvalue weighted by Gasteiger charge is -2.14. The average Bonchev–Trinajstić information content (AvgIpc) is 2.70. The Bertz CT molecular complexity index is 1040. The molecule has 3 N–H and O–H groups in total. The smallest absolute Gasteiger partial charge is 0.262 e. The second-order valence-corrected chi connectivity index (χ2v) is 7.07. The monoisotopic (exact) mass is 441 g/mol. The summed E-state index contributed by atoms with van der Waals surface area (Å²) in [6.45, 7) is 1.76. The molecule has 1 amide bonds. The largest absolute Gasteiger partial charge is 0.503 e. The van der Waals surface area contributed by atoms with Crippen LogP contribution in [0.2, 0.25) is 0 Å². The van der Waals surface area contributed by atoms with Gasteiger partial charge in [-0.3, -0.25) is 4.79 Å². The van der Waals surface area contributed by atoms with E-state index in [1.165, 1.54) is 13.3 Å². The van der Waals surface area contributed by atoms with Crippen LogP contribution in [0.4, 0.5) is 5.69 Å². The molecule has 7 heteroatoms. The van der Waals surface area contributed by atoms with Gasteiger partial charge in [0, 0.05) is 5.69 Å². The molecule has 0 radical (unpaired) electrons. The zero-order chi connectivity index (χ0) is 20.1. The first-order valence-corrected chi connectivity index (χ1v) is 9.42. The molecular formula is C21H20BrN3O3. The quantitative estimate of drug-likeness (QED) is 0.394. The van der Waals surface area contributed by atoms with Crippen molar-refractivity contribution in [2.75, 3.05) is 12.4 Å². The van der Waals surface area contributed by atoms with Gasteiger partial charge in [0.05, 0.1) is 17.8 Å². The van der Waals surface area contributed by atoms with Crippen molar-refractivity contribution in [2.24, 2.45) is 5.10 Å². The van der Waals surface area contributed by atoms with Crippen LogP contribution in [-0.2, 0) is 4.79 Å². The molecule has 6 nitrogen and oxygen atoms in total. The van der Waals surface area contributed by atoms with Crippen molar-refractivity contribution in [1.29, 1.82) is 0 Å². The number of anilines is 1. The number of hydrogen-bond donors (Lipinski definition) is 3. The molecule has 28 heavy (non-hydrogen) atoms. The highest BCUT2D eigenvalue weighted by molar-refractivity contribution is 9.10. The van der Waals surface area contributed by atoms with E-state index in [1.54, 1.807) is 19.1 Å². The third kappa shape index (κ3) is 4.61. The number of nitrogens with one attached hydrogen (secondary N) is 2. The number of carbonyl (C=O) groups excluding carboxylic acids is 1. The molecule has 3 aromatic rings. The molecule has 0 aliphatic carbocycles. The van der Waals surface area contributed by atoms with Gasteiger partial charge in [0.25, 0.3) is 5.91 Å². The fraction of sp³-hybridized carbons (Fsp3) is 0.143. The van der Waals surface area contributed by atoms with Gasteiger partial charge in [0.1, 0.15) is 6.04 Å². The van der Waals surface area contributed by atoms with E-state index in [0.29, 0.717) is 15.8 Å². The van der Waals surface area contributed by atoms with E-state index in [9.17, 15) is 9.90 Å². The van der Waals surface area contributed by atoms with Crippen LogP contribution in [0, 0.1) is 0 Å². The molecule has 0 aromatic heterocycles. The predicted octanol–water partition coefficient (Wildman–Crippen LogP) is 4.27. The number of nitrogens with zero attached hydrogens (tertiary/aromatic N) is 1. The maximum absolute atomic E-state index is 12.3. The van der Waals surface area contributed by atoms with Crippen LogP contribution in [0.15, 0.2) is 64.2 Å². The van der Waals surface area contributed by atoms with Crippen LogP contribution in [0.25, 0.3) is 10.8 Å². The number of benzene rings is 3. The summed E-state index contributed by atoms with van der Waals surface area (Å²) in [4.78, 5) is 12.3. The Kier molecular flexibility index (Phi) is 6.16. The van der Waals surface area contributed by atoms with Crippen molar-refractivity contribution in [3.8, 4) is 11.5 Å². The number of methoxy groups -OCH3 is 1. The van der Waals surface area contributed by atoms with Gasteiger partial charge in [-0.25, -0.2) is 5.43 Å². The van der Waals surface area contributed by atoms with E-state index in [-0.39, 0.29) is 11.7 Å². The molecule has 0 bridgehead atoms. The number of carbonyl (C=O) groups is 1. The summed E-state index contributed by atoms with van der Waals surface area (Å²) in [6.07, 6.45) is 1.48. The van der Waals surface area contributed by atoms with Crippen LogP contribution < -0.4 is 15.5 Å². The topological polar surface area (TPSA) is 83.0 Å². The number of rotatable bonds is 6. The Labute approximate surface area is 171 Å². The zero-order valence-corrected chi connectivity index (χ0v) is 17.0. The zero-order valence-electron chi connectivity index (χ0n) is 15.4. The van der Waals surface area contributed by atoms with Crippen LogP contribution >= 0.6 is 15.9 Å². The van der Waals surface area contributed by atoms with Crippen LogP contribution in [0.1, 0.15) is 12.5 Å². The van der Waals surface area contributed by atoms with Gasteiger partial charge in [-0.15, -0.1) is 0 Å². The number of phenolic OH excluding ortho intramolecular Hbond substituents is 1. The van der Waals surface area contributed by atoms with Gasteiger partial charge in [-0.1, -0.05) is 30.3 Å². The summed E-state index contributed by atoms with van der Waals surface area (Å²) in [5.41, 5.74) is 4.03. The van der Waals surface area contributed by atoms with Crippen LogP contribution in [0.3, 0.4) is 0 Å². The van der Waals surface area contributed by atoms with Gasteiger partial charge < -0.3 is 15.2 Å². The predicted molar refractivity (Wildman–Crippen MR) is 115 cm³/mol. The number of aromatic hydroxyl groups is 1. The third-order valence-electron chi connectivity index (χ3n) is 4.18. The summed E-state index contributed by atoms with van der Waals surface area (Å²) >= 11 is 3.25. The van der Waals surface area contributed by atoms with Crippen molar-refractivity contribution < 1.29 is 14.6 Å². The Balaban J connectivity index is 1.62. The lowest BCUT2D eigenvalue weighted by Crippen LogP contribution is -2.34. The SMILES string of the molecule is COc1cc(/C=N\NC(=O)[C@H](C)Nc2ccc3ccccc3c2)cc(Br)c1O. The number of hydrazone groups is 1. The summed E-state index contributed by atoms with van der Waals surface area (Å²) in [5, 5.41) is 19.2. The molecule has 0 heterocycles. The molecule has 144 valence electrons. The summed E-state index contributed by atoms with van der Waals surface area (Å²) in [5.74, 6) is 0.0552. The summed E-state index contributed by atoms with van der Waals surface area (Å²) < 4.78 is 5.57. The standard InChI is InChI=1S/C21H20BrN3O3/c1-13(24-17-8-7-15-5-3-4-6-16(15)11-17)21(27)25-23-12-14-9-18(22)20(26)19(10-14)28-2/h3-13,24,26H,1-2H3,(H,25,27)/b23-12-/t13-/m0/s1. The van der Waals surface area contributed by atoms with Crippen LogP contribution in [-0.4, -0.2) is 30.4 Å². The van der Waals surface area contributed by atoms with E-state index in [2.05, 4.69) is 31.8 Å². The van der Waals surface area contributed by atoms with E-state index in [4.69, 9.17) is 4.74 Å². The molecule has 3 rings (SSSR count). The van der Waals surface area contributed by atoms with Crippen molar-refractivity contribution >= 4 is 44.5 Å². The molecule has 3 aromatic carbocycles. The van der Waals surface area contributed by atoms with Gasteiger partial charge in [-0.05, 0) is 63.5 Å². The lowest BCUT2D eigenvalue weighted by atomic mass is 10.1. The molecule has 0 fully saturated rings. The third-order valence-corrected chi connectivity index (χ3v) is 4.79. The van der Waals surface area contributed by atoms with Gasteiger partial charge in [0.2, 0.25) is 0 Å². The molecule has 0 unspecified atom stereocenters. The highest BCUT2D eigenvalue weighted by Crippen LogP contribution is 2.34. The molecule has 0 saturated carbocycles. The second kappa shape index (κ2) is 8.75. The Morgan fingerprint density at radius 1 is 1.18 bits per heavy atom. The van der Waals surface area contributed by atoms with Gasteiger partial charge in [-0.2, -0.15) is 5.10 Å². The Morgan fingerprint density at radius 2 is 1.93 bits per heavy atom. The van der Waals surface area contributed by atoms with Crippen molar-refractivity contribution in [1.82, 2.24) is 5.43 Å². The molecule has 0 spiro atoms. The first-order chi connectivity index (χ1) is 13.5. The maximum atomic E-state index is 12.3. The number of phenols is 1. The number of amides is 1. The fourth-order valence-electron chi connectivity index (χ4n) is 2.69. The van der Waals surface area contributed by atoms with Crippen molar-refractivity contribution in [3.63, 3.8) is 0 Å². The summed E-state index contributed by atoms with van der Waals surface area (Å²) in [7, 11) is 1.46. The Hall–Kier alpha value is -3.06. The number of ether oxygens (including phenoxy) is 1. The minimum Gasteiger partial charge on any atom is -0.503 e. The number of fused-ring (bicyclic) bond motifs is 1. The van der Waals surface area contributed by atoms with Gasteiger partial charge >= 0.3 is 0 Å². The molecular weight excluding hydrogens is 422 g/mol. The first-order valence-electron chi connectivity index (χ1n) is 8.62. The molecule has 0 aliphatic rings. The van der Waals surface area contributed by atoms with Crippen molar-refractivity contribution in [3.05, 3.63) is 64.6 Å². The molecule has 1 atom stereocenters. The van der Waals surface area contributed by atoms with Gasteiger partial charge in [0.15, 0.2) is 11.5 Å². The minimum atomic E-state index is -0.473.